The number of nitrogen functional groups attached to an aromatic ring is 1. The van der Waals surface area contributed by atoms with Crippen molar-refractivity contribution in [1.29, 1.82) is 0 Å². The van der Waals surface area contributed by atoms with Crippen molar-refractivity contribution < 1.29 is 12.8 Å². The molecule has 2 aromatic rings. The van der Waals surface area contributed by atoms with E-state index in [1.165, 1.54) is 24.6 Å². The summed E-state index contributed by atoms with van der Waals surface area (Å²) in [6, 6.07) is 2.63. The summed E-state index contributed by atoms with van der Waals surface area (Å²) in [5, 5.41) is 3.94. The van der Waals surface area contributed by atoms with E-state index < -0.39 is 15.8 Å². The number of hydrogen-bond donors (Lipinski definition) is 2. The molecule has 2 rings (SSSR count). The highest BCUT2D eigenvalue weighted by molar-refractivity contribution is 7.92. The molecule has 0 spiro atoms. The molecule has 1 heterocycles. The predicted molar refractivity (Wildman–Crippen MR) is 74.3 cm³/mol. The van der Waals surface area contributed by atoms with E-state index in [0.29, 0.717) is 0 Å². The molecule has 1 aromatic carbocycles. The van der Waals surface area contributed by atoms with Gasteiger partial charge in [-0.2, -0.15) is 5.10 Å². The van der Waals surface area contributed by atoms with E-state index in [9.17, 15) is 12.8 Å². The second-order valence-corrected chi connectivity index (χ2v) is 6.14. The Labute approximate surface area is 116 Å². The molecule has 0 atom stereocenters. The fraction of sp³-hybridized carbons (Fsp3) is 0.250. The van der Waals surface area contributed by atoms with Crippen molar-refractivity contribution in [1.82, 2.24) is 9.78 Å². The zero-order chi connectivity index (χ0) is 15.1. The highest BCUT2D eigenvalue weighted by Gasteiger charge is 2.23. The van der Waals surface area contributed by atoms with Gasteiger partial charge in [0.1, 0.15) is 5.82 Å². The Bertz CT molecular complexity index is 768. The van der Waals surface area contributed by atoms with Gasteiger partial charge in [0.25, 0.3) is 10.0 Å². The summed E-state index contributed by atoms with van der Waals surface area (Å²) >= 11 is 0. The molecule has 1 aromatic heterocycles. The van der Waals surface area contributed by atoms with E-state index in [0.717, 1.165) is 6.07 Å². The molecule has 20 heavy (non-hydrogen) atoms. The first-order valence-electron chi connectivity index (χ1n) is 5.80. The monoisotopic (exact) mass is 298 g/mol. The number of sulfonamides is 1. The predicted octanol–water partition coefficient (Wildman–Crippen LogP) is 1.56. The zero-order valence-corrected chi connectivity index (χ0v) is 12.1. The third kappa shape index (κ3) is 2.46. The van der Waals surface area contributed by atoms with Crippen LogP contribution in [0.15, 0.2) is 23.2 Å². The Kier molecular flexibility index (Phi) is 3.43. The van der Waals surface area contributed by atoms with Crippen LogP contribution in [0.2, 0.25) is 0 Å². The average Bonchev–Trinajstić information content (AvgIpc) is 2.70. The van der Waals surface area contributed by atoms with Crippen LogP contribution < -0.4 is 10.5 Å². The van der Waals surface area contributed by atoms with Crippen LogP contribution in [0.5, 0.6) is 0 Å². The molecule has 108 valence electrons. The van der Waals surface area contributed by atoms with Crippen molar-refractivity contribution in [3.63, 3.8) is 0 Å². The highest BCUT2D eigenvalue weighted by atomic mass is 32.2. The van der Waals surface area contributed by atoms with Gasteiger partial charge in [0.05, 0.1) is 10.6 Å². The van der Waals surface area contributed by atoms with Gasteiger partial charge in [-0.1, -0.05) is 0 Å². The largest absolute Gasteiger partial charge is 0.396 e. The number of nitrogens with zero attached hydrogens (tertiary/aromatic N) is 2. The average molecular weight is 298 g/mol. The Balaban J connectivity index is 2.52. The molecule has 0 unspecified atom stereocenters. The molecule has 0 saturated heterocycles. The number of benzene rings is 1. The van der Waals surface area contributed by atoms with Crippen molar-refractivity contribution >= 4 is 21.5 Å². The van der Waals surface area contributed by atoms with Gasteiger partial charge in [-0.3, -0.25) is 9.40 Å². The van der Waals surface area contributed by atoms with E-state index in [-0.39, 0.29) is 27.5 Å². The van der Waals surface area contributed by atoms with Crippen LogP contribution in [0.3, 0.4) is 0 Å². The van der Waals surface area contributed by atoms with Gasteiger partial charge in [0, 0.05) is 19.3 Å². The molecule has 0 radical (unpaired) electrons. The lowest BCUT2D eigenvalue weighted by atomic mass is 10.1. The Hall–Kier alpha value is -2.09. The first kappa shape index (κ1) is 14.3. The van der Waals surface area contributed by atoms with Crippen molar-refractivity contribution in [2.75, 3.05) is 10.5 Å². The van der Waals surface area contributed by atoms with Gasteiger partial charge >= 0.3 is 0 Å². The molecule has 0 amide bonds. The maximum Gasteiger partial charge on any atom is 0.263 e. The molecule has 0 aliphatic rings. The van der Waals surface area contributed by atoms with Crippen LogP contribution in [0.25, 0.3) is 0 Å². The fourth-order valence-corrected chi connectivity index (χ4v) is 3.48. The molecule has 0 aliphatic heterocycles. The van der Waals surface area contributed by atoms with Crippen LogP contribution in [0.4, 0.5) is 15.9 Å². The molecular formula is C12H15FN4O2S. The number of halogens is 1. The number of rotatable bonds is 3. The quantitative estimate of drug-likeness (QED) is 0.841. The van der Waals surface area contributed by atoms with Crippen molar-refractivity contribution in [2.45, 2.75) is 18.7 Å². The fourth-order valence-electron chi connectivity index (χ4n) is 2.00. The van der Waals surface area contributed by atoms with Gasteiger partial charge in [0.15, 0.2) is 5.82 Å². The van der Waals surface area contributed by atoms with Gasteiger partial charge < -0.3 is 5.73 Å². The summed E-state index contributed by atoms with van der Waals surface area (Å²) in [6.45, 7) is 2.99. The maximum absolute atomic E-state index is 13.5. The van der Waals surface area contributed by atoms with Crippen LogP contribution in [-0.2, 0) is 17.1 Å². The van der Waals surface area contributed by atoms with E-state index in [4.69, 9.17) is 5.73 Å². The standard InChI is InChI=1S/C12H15FN4O2S/c1-7-6-9(13)11(14)8(2)12(7)20(18,19)16-10-4-5-17(3)15-10/h4-6H,14H2,1-3H3,(H,15,16). The second kappa shape index (κ2) is 4.78. The topological polar surface area (TPSA) is 90.0 Å². The minimum atomic E-state index is -3.87. The molecule has 0 saturated carbocycles. The SMILES string of the molecule is Cc1cc(F)c(N)c(C)c1S(=O)(=O)Nc1ccn(C)n1. The number of nitrogens with one attached hydrogen (secondary N) is 1. The summed E-state index contributed by atoms with van der Waals surface area (Å²) in [4.78, 5) is -0.0259. The Morgan fingerprint density at radius 1 is 1.40 bits per heavy atom. The third-order valence-electron chi connectivity index (χ3n) is 2.92. The van der Waals surface area contributed by atoms with Crippen molar-refractivity contribution in [3.8, 4) is 0 Å². The van der Waals surface area contributed by atoms with E-state index >= 15 is 0 Å². The molecular weight excluding hydrogens is 283 g/mol. The van der Waals surface area contributed by atoms with E-state index in [1.54, 1.807) is 13.2 Å². The minimum absolute atomic E-state index is 0.0259. The lowest BCUT2D eigenvalue weighted by molar-refractivity contribution is 0.597. The first-order valence-corrected chi connectivity index (χ1v) is 7.28. The molecule has 0 fully saturated rings. The maximum atomic E-state index is 13.5. The Morgan fingerprint density at radius 2 is 2.05 bits per heavy atom. The van der Waals surface area contributed by atoms with E-state index in [2.05, 4.69) is 9.82 Å². The molecule has 0 aliphatic carbocycles. The van der Waals surface area contributed by atoms with Crippen molar-refractivity contribution in [2.24, 2.45) is 7.05 Å². The summed E-state index contributed by atoms with van der Waals surface area (Å²) in [7, 11) is -2.20. The number of anilines is 2. The molecule has 3 N–H and O–H groups in total. The van der Waals surface area contributed by atoms with Crippen LogP contribution in [0.1, 0.15) is 11.1 Å². The lowest BCUT2D eigenvalue weighted by Gasteiger charge is -2.14. The second-order valence-electron chi connectivity index (χ2n) is 4.52. The van der Waals surface area contributed by atoms with Gasteiger partial charge in [-0.05, 0) is 31.0 Å². The highest BCUT2D eigenvalue weighted by Crippen LogP contribution is 2.28. The first-order chi connectivity index (χ1) is 9.22. The Morgan fingerprint density at radius 3 is 2.60 bits per heavy atom. The summed E-state index contributed by atoms with van der Waals surface area (Å²) < 4.78 is 42.1. The number of aromatic nitrogens is 2. The lowest BCUT2D eigenvalue weighted by Crippen LogP contribution is -2.17. The van der Waals surface area contributed by atoms with E-state index in [1.807, 2.05) is 0 Å². The van der Waals surface area contributed by atoms with Crippen LogP contribution in [-0.4, -0.2) is 18.2 Å². The molecule has 8 heteroatoms. The number of nitrogens with two attached hydrogens (primary N) is 1. The van der Waals surface area contributed by atoms with Crippen LogP contribution in [0, 0.1) is 19.7 Å². The van der Waals surface area contributed by atoms with Gasteiger partial charge in [0.2, 0.25) is 0 Å². The summed E-state index contributed by atoms with van der Waals surface area (Å²) in [5.41, 5.74) is 5.86. The zero-order valence-electron chi connectivity index (χ0n) is 11.3. The normalized spacial score (nSPS) is 11.6. The number of aryl methyl sites for hydroxylation is 2. The van der Waals surface area contributed by atoms with Gasteiger partial charge in [-0.25, -0.2) is 12.8 Å². The molecule has 6 nitrogen and oxygen atoms in total. The summed E-state index contributed by atoms with van der Waals surface area (Å²) in [5.74, 6) is -0.439. The van der Waals surface area contributed by atoms with Crippen molar-refractivity contribution in [3.05, 3.63) is 35.3 Å². The van der Waals surface area contributed by atoms with Crippen LogP contribution >= 0.6 is 0 Å². The van der Waals surface area contributed by atoms with Gasteiger partial charge in [-0.15, -0.1) is 0 Å². The number of hydrogen-bond acceptors (Lipinski definition) is 4. The molecule has 0 bridgehead atoms. The summed E-state index contributed by atoms with van der Waals surface area (Å²) in [6.07, 6.45) is 1.61. The minimum Gasteiger partial charge on any atom is -0.396 e. The smallest absolute Gasteiger partial charge is 0.263 e. The third-order valence-corrected chi connectivity index (χ3v) is 4.57.